The second-order valence-electron chi connectivity index (χ2n) is 6.11. The summed E-state index contributed by atoms with van der Waals surface area (Å²) in [5.41, 5.74) is 2.71. The Balaban J connectivity index is 1.89. The highest BCUT2D eigenvalue weighted by molar-refractivity contribution is 5.99. The fourth-order valence-corrected chi connectivity index (χ4v) is 2.48. The minimum Gasteiger partial charge on any atom is -0.496 e. The van der Waals surface area contributed by atoms with Gasteiger partial charge >= 0.3 is 5.97 Å². The highest BCUT2D eigenvalue weighted by atomic mass is 16.5. The van der Waals surface area contributed by atoms with Gasteiger partial charge in [0.2, 0.25) is 5.91 Å². The van der Waals surface area contributed by atoms with E-state index >= 15 is 0 Å². The number of ether oxygens (including phenoxy) is 2. The summed E-state index contributed by atoms with van der Waals surface area (Å²) >= 11 is 0. The van der Waals surface area contributed by atoms with Crippen LogP contribution in [0.15, 0.2) is 42.5 Å². The van der Waals surface area contributed by atoms with E-state index in [0.717, 1.165) is 11.1 Å². The van der Waals surface area contributed by atoms with E-state index in [9.17, 15) is 14.4 Å². The lowest BCUT2D eigenvalue weighted by Gasteiger charge is -2.08. The Morgan fingerprint density at radius 1 is 1.00 bits per heavy atom. The zero-order chi connectivity index (χ0) is 19.8. The number of nitrogens with one attached hydrogen (secondary N) is 1. The number of benzene rings is 2. The van der Waals surface area contributed by atoms with Crippen LogP contribution in [0.1, 0.15) is 38.8 Å². The number of carbonyl (C=O) groups is 3. The first kappa shape index (κ1) is 20.2. The number of rotatable bonds is 8. The highest BCUT2D eigenvalue weighted by Crippen LogP contribution is 2.19. The van der Waals surface area contributed by atoms with E-state index in [2.05, 4.69) is 5.32 Å². The van der Waals surface area contributed by atoms with Crippen molar-refractivity contribution in [1.82, 2.24) is 5.32 Å². The topological polar surface area (TPSA) is 81.7 Å². The van der Waals surface area contributed by atoms with Gasteiger partial charge in [-0.2, -0.15) is 0 Å². The number of ketones is 1. The molecule has 1 amide bonds. The van der Waals surface area contributed by atoms with Crippen molar-refractivity contribution in [2.24, 2.45) is 0 Å². The number of esters is 1. The average molecular weight is 369 g/mol. The Hall–Kier alpha value is -3.15. The molecular weight excluding hydrogens is 346 g/mol. The van der Waals surface area contributed by atoms with Crippen LogP contribution < -0.4 is 10.1 Å². The Kier molecular flexibility index (Phi) is 7.11. The van der Waals surface area contributed by atoms with Crippen molar-refractivity contribution < 1.29 is 23.9 Å². The first-order valence-electron chi connectivity index (χ1n) is 8.59. The monoisotopic (exact) mass is 369 g/mol. The molecule has 0 atom stereocenters. The smallest absolute Gasteiger partial charge is 0.338 e. The summed E-state index contributed by atoms with van der Waals surface area (Å²) in [6, 6.07) is 12.0. The van der Waals surface area contributed by atoms with Gasteiger partial charge in [0.25, 0.3) is 0 Å². The van der Waals surface area contributed by atoms with E-state index in [1.54, 1.807) is 30.3 Å². The van der Waals surface area contributed by atoms with Crippen LogP contribution in [0.25, 0.3) is 0 Å². The molecule has 0 saturated carbocycles. The molecule has 0 aliphatic rings. The van der Waals surface area contributed by atoms with Gasteiger partial charge in [-0.1, -0.05) is 30.3 Å². The molecule has 0 heterocycles. The summed E-state index contributed by atoms with van der Waals surface area (Å²) in [5, 5.41) is 2.72. The maximum Gasteiger partial charge on any atom is 0.338 e. The fourth-order valence-electron chi connectivity index (χ4n) is 2.48. The van der Waals surface area contributed by atoms with E-state index < -0.39 is 5.97 Å². The van der Waals surface area contributed by atoms with Crippen molar-refractivity contribution in [2.45, 2.75) is 20.3 Å². The summed E-state index contributed by atoms with van der Waals surface area (Å²) in [5.74, 6) is -0.343. The predicted molar refractivity (Wildman–Crippen MR) is 101 cm³/mol. The lowest BCUT2D eigenvalue weighted by Crippen LogP contribution is -2.22. The number of carbonyl (C=O) groups excluding carboxylic acids is 3. The molecule has 0 spiro atoms. The molecule has 0 saturated heterocycles. The molecule has 0 bridgehead atoms. The first-order valence-corrected chi connectivity index (χ1v) is 8.59. The normalized spacial score (nSPS) is 10.2. The largest absolute Gasteiger partial charge is 0.496 e. The standard InChI is InChI=1S/C21H23NO5/c1-14-4-7-18(12-20(14)26-3)21(25)27-13-19(24)17-8-5-16(6-9-17)10-11-22-15(2)23/h4-9,12H,10-11,13H2,1-3H3,(H,22,23). The van der Waals surface area contributed by atoms with Gasteiger partial charge in [0.1, 0.15) is 5.75 Å². The molecule has 0 aliphatic heterocycles. The van der Waals surface area contributed by atoms with Crippen LogP contribution in [0.4, 0.5) is 0 Å². The quantitative estimate of drug-likeness (QED) is 0.571. The van der Waals surface area contributed by atoms with Gasteiger partial charge in [0.05, 0.1) is 12.7 Å². The molecule has 2 aromatic rings. The summed E-state index contributed by atoms with van der Waals surface area (Å²) in [6.07, 6.45) is 0.679. The molecule has 2 aromatic carbocycles. The van der Waals surface area contributed by atoms with Crippen molar-refractivity contribution in [1.29, 1.82) is 0 Å². The molecule has 0 aliphatic carbocycles. The molecular formula is C21H23NO5. The summed E-state index contributed by atoms with van der Waals surface area (Å²) in [4.78, 5) is 35.2. The molecule has 1 N–H and O–H groups in total. The van der Waals surface area contributed by atoms with Crippen LogP contribution in [0, 0.1) is 6.92 Å². The molecule has 0 radical (unpaired) electrons. The van der Waals surface area contributed by atoms with Crippen molar-refractivity contribution in [3.05, 3.63) is 64.7 Å². The van der Waals surface area contributed by atoms with Crippen molar-refractivity contribution >= 4 is 17.7 Å². The lowest BCUT2D eigenvalue weighted by atomic mass is 10.1. The van der Waals surface area contributed by atoms with E-state index in [1.165, 1.54) is 14.0 Å². The van der Waals surface area contributed by atoms with Gasteiger partial charge in [-0.3, -0.25) is 9.59 Å². The predicted octanol–water partition coefficient (Wildman–Crippen LogP) is 2.72. The third-order valence-corrected chi connectivity index (χ3v) is 4.04. The number of hydrogen-bond donors (Lipinski definition) is 1. The van der Waals surface area contributed by atoms with Crippen LogP contribution in [0.2, 0.25) is 0 Å². The average Bonchev–Trinajstić information content (AvgIpc) is 2.66. The summed E-state index contributed by atoms with van der Waals surface area (Å²) in [6.45, 7) is 3.55. The molecule has 0 fully saturated rings. The van der Waals surface area contributed by atoms with Gasteiger partial charge in [-0.15, -0.1) is 0 Å². The first-order chi connectivity index (χ1) is 12.9. The zero-order valence-corrected chi connectivity index (χ0v) is 15.7. The molecule has 0 aromatic heterocycles. The molecule has 27 heavy (non-hydrogen) atoms. The van der Waals surface area contributed by atoms with Crippen molar-refractivity contribution in [3.63, 3.8) is 0 Å². The molecule has 142 valence electrons. The third kappa shape index (κ3) is 5.95. The Bertz CT molecular complexity index is 827. The summed E-state index contributed by atoms with van der Waals surface area (Å²) in [7, 11) is 1.53. The second-order valence-corrected chi connectivity index (χ2v) is 6.11. The van der Waals surface area contributed by atoms with Crippen LogP contribution >= 0.6 is 0 Å². The van der Waals surface area contributed by atoms with Gasteiger partial charge in [-0.25, -0.2) is 4.79 Å². The van der Waals surface area contributed by atoms with E-state index in [0.29, 0.717) is 29.8 Å². The Labute approximate surface area is 158 Å². The fraction of sp³-hybridized carbons (Fsp3) is 0.286. The second kappa shape index (κ2) is 9.52. The third-order valence-electron chi connectivity index (χ3n) is 4.04. The zero-order valence-electron chi connectivity index (χ0n) is 15.7. The van der Waals surface area contributed by atoms with Crippen molar-refractivity contribution in [3.8, 4) is 5.75 Å². The minimum absolute atomic E-state index is 0.0742. The van der Waals surface area contributed by atoms with Gasteiger partial charge < -0.3 is 14.8 Å². The van der Waals surface area contributed by atoms with Gasteiger partial charge in [0, 0.05) is 19.0 Å². The van der Waals surface area contributed by atoms with E-state index in [-0.39, 0.29) is 18.3 Å². The van der Waals surface area contributed by atoms with Crippen molar-refractivity contribution in [2.75, 3.05) is 20.3 Å². The maximum atomic E-state index is 12.2. The molecule has 6 nitrogen and oxygen atoms in total. The number of amides is 1. The lowest BCUT2D eigenvalue weighted by molar-refractivity contribution is -0.118. The number of methoxy groups -OCH3 is 1. The number of hydrogen-bond acceptors (Lipinski definition) is 5. The minimum atomic E-state index is -0.575. The van der Waals surface area contributed by atoms with Crippen LogP contribution in [-0.2, 0) is 16.0 Å². The van der Waals surface area contributed by atoms with Gasteiger partial charge in [-0.05, 0) is 36.6 Å². The highest BCUT2D eigenvalue weighted by Gasteiger charge is 2.13. The SMILES string of the molecule is COc1cc(C(=O)OCC(=O)c2ccc(CCNC(C)=O)cc2)ccc1C. The molecule has 6 heteroatoms. The maximum absolute atomic E-state index is 12.2. The number of Topliss-reactive ketones (excluding diaryl/α,β-unsaturated/α-hetero) is 1. The van der Waals surface area contributed by atoms with E-state index in [1.807, 2.05) is 19.1 Å². The molecule has 2 rings (SSSR count). The van der Waals surface area contributed by atoms with E-state index in [4.69, 9.17) is 9.47 Å². The molecule has 0 unspecified atom stereocenters. The van der Waals surface area contributed by atoms with Crippen LogP contribution in [0.3, 0.4) is 0 Å². The number of aryl methyl sites for hydroxylation is 1. The van der Waals surface area contributed by atoms with Crippen LogP contribution in [-0.4, -0.2) is 37.9 Å². The van der Waals surface area contributed by atoms with Crippen LogP contribution in [0.5, 0.6) is 5.75 Å². The summed E-state index contributed by atoms with van der Waals surface area (Å²) < 4.78 is 10.3. The van der Waals surface area contributed by atoms with Gasteiger partial charge in [0.15, 0.2) is 12.4 Å². The Morgan fingerprint density at radius 3 is 2.30 bits per heavy atom. The Morgan fingerprint density at radius 2 is 1.67 bits per heavy atom.